The molecule has 0 amide bonds. The van der Waals surface area contributed by atoms with E-state index in [1.54, 1.807) is 42.7 Å². The van der Waals surface area contributed by atoms with E-state index in [0.717, 1.165) is 5.56 Å². The summed E-state index contributed by atoms with van der Waals surface area (Å²) in [5, 5.41) is 20.0. The first-order chi connectivity index (χ1) is 11.1. The van der Waals surface area contributed by atoms with Crippen molar-refractivity contribution in [1.82, 2.24) is 9.29 Å². The fourth-order valence-corrected chi connectivity index (χ4v) is 4.85. The molecule has 0 fully saturated rings. The van der Waals surface area contributed by atoms with Crippen LogP contribution in [0.4, 0.5) is 0 Å². The smallest absolute Gasteiger partial charge is 0.243 e. The molecule has 0 saturated carbocycles. The molecule has 1 aliphatic rings. The number of aliphatic hydroxyl groups excluding tert-OH is 2. The molecular formula is C16H18N2O4S. The molecule has 0 unspecified atom stereocenters. The van der Waals surface area contributed by atoms with Gasteiger partial charge in [-0.2, -0.15) is 4.31 Å². The molecule has 1 aliphatic heterocycles. The molecule has 7 heteroatoms. The second-order valence-electron chi connectivity index (χ2n) is 5.45. The Balaban J connectivity index is 2.07. The SMILES string of the molecule is O=S1(=O)c2ccccc2[C@H](O)[C@H](Cc2ccncc2)N1CCO. The number of β-amino-alcohol motifs (C(OH)–C–C–N with tert-alkyl or cyclic N) is 1. The highest BCUT2D eigenvalue weighted by molar-refractivity contribution is 7.89. The van der Waals surface area contributed by atoms with Gasteiger partial charge < -0.3 is 10.2 Å². The number of aromatic nitrogens is 1. The van der Waals surface area contributed by atoms with Crippen LogP contribution in [0.1, 0.15) is 17.2 Å². The number of benzene rings is 1. The fraction of sp³-hybridized carbons (Fsp3) is 0.312. The van der Waals surface area contributed by atoms with Gasteiger partial charge in [0.25, 0.3) is 0 Å². The van der Waals surface area contributed by atoms with Gasteiger partial charge in [0.2, 0.25) is 10.0 Å². The minimum absolute atomic E-state index is 0.0521. The highest BCUT2D eigenvalue weighted by Gasteiger charge is 2.43. The summed E-state index contributed by atoms with van der Waals surface area (Å²) in [7, 11) is -3.75. The maximum absolute atomic E-state index is 12.8. The lowest BCUT2D eigenvalue weighted by molar-refractivity contribution is 0.0724. The van der Waals surface area contributed by atoms with E-state index in [-0.39, 0.29) is 18.0 Å². The minimum atomic E-state index is -3.75. The monoisotopic (exact) mass is 334 g/mol. The predicted molar refractivity (Wildman–Crippen MR) is 84.1 cm³/mol. The highest BCUT2D eigenvalue weighted by Crippen LogP contribution is 2.37. The largest absolute Gasteiger partial charge is 0.395 e. The van der Waals surface area contributed by atoms with E-state index in [1.807, 2.05) is 0 Å². The van der Waals surface area contributed by atoms with Crippen LogP contribution in [0.3, 0.4) is 0 Å². The van der Waals surface area contributed by atoms with Crippen molar-refractivity contribution >= 4 is 10.0 Å². The Labute approximate surface area is 135 Å². The Morgan fingerprint density at radius 3 is 2.52 bits per heavy atom. The van der Waals surface area contributed by atoms with Gasteiger partial charge in [0.05, 0.1) is 23.6 Å². The normalized spacial score (nSPS) is 23.4. The van der Waals surface area contributed by atoms with Crippen molar-refractivity contribution in [3.8, 4) is 0 Å². The summed E-state index contributed by atoms with van der Waals surface area (Å²) >= 11 is 0. The fourth-order valence-electron chi connectivity index (χ4n) is 2.99. The van der Waals surface area contributed by atoms with Crippen LogP contribution in [0, 0.1) is 0 Å². The van der Waals surface area contributed by atoms with Gasteiger partial charge in [0, 0.05) is 24.5 Å². The van der Waals surface area contributed by atoms with Gasteiger partial charge in [-0.3, -0.25) is 4.98 Å². The van der Waals surface area contributed by atoms with Crippen molar-refractivity contribution in [1.29, 1.82) is 0 Å². The third-order valence-corrected chi connectivity index (χ3v) is 6.07. The van der Waals surface area contributed by atoms with Crippen LogP contribution in [0.5, 0.6) is 0 Å². The predicted octanol–water partition coefficient (Wildman–Crippen LogP) is 0.723. The number of hydrogen-bond donors (Lipinski definition) is 2. The molecule has 1 aromatic heterocycles. The number of pyridine rings is 1. The second-order valence-corrected chi connectivity index (χ2v) is 7.31. The van der Waals surface area contributed by atoms with Crippen molar-refractivity contribution in [2.45, 2.75) is 23.5 Å². The second kappa shape index (κ2) is 6.37. The summed E-state index contributed by atoms with van der Waals surface area (Å²) < 4.78 is 26.9. The van der Waals surface area contributed by atoms with E-state index in [0.29, 0.717) is 12.0 Å². The lowest BCUT2D eigenvalue weighted by Crippen LogP contribution is -2.50. The average Bonchev–Trinajstić information content (AvgIpc) is 2.57. The number of aliphatic hydroxyl groups is 2. The first-order valence-corrected chi connectivity index (χ1v) is 8.78. The van der Waals surface area contributed by atoms with Crippen molar-refractivity contribution in [3.05, 3.63) is 59.9 Å². The third-order valence-electron chi connectivity index (χ3n) is 4.07. The highest BCUT2D eigenvalue weighted by atomic mass is 32.2. The van der Waals surface area contributed by atoms with Crippen LogP contribution >= 0.6 is 0 Å². The molecule has 6 nitrogen and oxygen atoms in total. The van der Waals surface area contributed by atoms with Gasteiger partial charge in [-0.25, -0.2) is 8.42 Å². The van der Waals surface area contributed by atoms with Crippen LogP contribution in [-0.4, -0.2) is 47.1 Å². The van der Waals surface area contributed by atoms with E-state index in [2.05, 4.69) is 4.98 Å². The number of fused-ring (bicyclic) bond motifs is 1. The Morgan fingerprint density at radius 1 is 1.13 bits per heavy atom. The summed E-state index contributed by atoms with van der Waals surface area (Å²) in [6.45, 7) is -0.357. The molecular weight excluding hydrogens is 316 g/mol. The summed E-state index contributed by atoms with van der Waals surface area (Å²) in [5.74, 6) is 0. The van der Waals surface area contributed by atoms with Crippen LogP contribution in [0.25, 0.3) is 0 Å². The lowest BCUT2D eigenvalue weighted by atomic mass is 9.96. The molecule has 23 heavy (non-hydrogen) atoms. The Bertz CT molecular complexity index is 780. The summed E-state index contributed by atoms with van der Waals surface area (Å²) in [5.41, 5.74) is 1.28. The van der Waals surface area contributed by atoms with Gasteiger partial charge in [-0.1, -0.05) is 18.2 Å². The molecule has 2 aromatic rings. The van der Waals surface area contributed by atoms with Crippen LogP contribution in [0.15, 0.2) is 53.7 Å². The van der Waals surface area contributed by atoms with Crippen molar-refractivity contribution < 1.29 is 18.6 Å². The molecule has 2 N–H and O–H groups in total. The lowest BCUT2D eigenvalue weighted by Gasteiger charge is -2.39. The van der Waals surface area contributed by atoms with Crippen LogP contribution in [-0.2, 0) is 16.4 Å². The van der Waals surface area contributed by atoms with Crippen molar-refractivity contribution in [2.24, 2.45) is 0 Å². The maximum Gasteiger partial charge on any atom is 0.243 e. The molecule has 2 atom stereocenters. The topological polar surface area (TPSA) is 90.7 Å². The molecule has 0 radical (unpaired) electrons. The molecule has 0 aliphatic carbocycles. The number of nitrogens with zero attached hydrogens (tertiary/aromatic N) is 2. The van der Waals surface area contributed by atoms with Gasteiger partial charge in [-0.15, -0.1) is 0 Å². The summed E-state index contributed by atoms with van der Waals surface area (Å²) in [6.07, 6.45) is 2.65. The summed E-state index contributed by atoms with van der Waals surface area (Å²) in [4.78, 5) is 4.05. The first-order valence-electron chi connectivity index (χ1n) is 7.34. The number of sulfonamides is 1. The molecule has 1 aromatic carbocycles. The Kier molecular flexibility index (Phi) is 4.45. The molecule has 2 heterocycles. The van der Waals surface area contributed by atoms with E-state index in [4.69, 9.17) is 0 Å². The Morgan fingerprint density at radius 2 is 1.83 bits per heavy atom. The van der Waals surface area contributed by atoms with E-state index in [1.165, 1.54) is 10.4 Å². The molecule has 0 saturated heterocycles. The quantitative estimate of drug-likeness (QED) is 0.860. The standard InChI is InChI=1S/C16H18N2O4S/c19-10-9-18-14(11-12-5-7-17-8-6-12)16(20)13-3-1-2-4-15(13)23(18,21)22/h1-8,14,16,19-20H,9-11H2/t14-,16-/m0/s1. The number of hydrogen-bond acceptors (Lipinski definition) is 5. The minimum Gasteiger partial charge on any atom is -0.395 e. The van der Waals surface area contributed by atoms with Crippen molar-refractivity contribution in [2.75, 3.05) is 13.2 Å². The van der Waals surface area contributed by atoms with E-state index in [9.17, 15) is 18.6 Å². The zero-order valence-corrected chi connectivity index (χ0v) is 13.2. The number of rotatable bonds is 4. The van der Waals surface area contributed by atoms with Crippen molar-refractivity contribution in [3.63, 3.8) is 0 Å². The van der Waals surface area contributed by atoms with Crippen LogP contribution < -0.4 is 0 Å². The summed E-state index contributed by atoms with van der Waals surface area (Å²) in [6, 6.07) is 9.37. The van der Waals surface area contributed by atoms with Crippen LogP contribution in [0.2, 0.25) is 0 Å². The molecule has 0 bridgehead atoms. The van der Waals surface area contributed by atoms with Gasteiger partial charge in [-0.05, 0) is 30.2 Å². The molecule has 0 spiro atoms. The van der Waals surface area contributed by atoms with Gasteiger partial charge in [0.15, 0.2) is 0 Å². The van der Waals surface area contributed by atoms with Gasteiger partial charge in [0.1, 0.15) is 0 Å². The maximum atomic E-state index is 12.8. The third kappa shape index (κ3) is 2.88. The zero-order valence-electron chi connectivity index (χ0n) is 12.4. The average molecular weight is 334 g/mol. The zero-order chi connectivity index (χ0) is 16.4. The molecule has 122 valence electrons. The Hall–Kier alpha value is -1.80. The van der Waals surface area contributed by atoms with Gasteiger partial charge >= 0.3 is 0 Å². The first kappa shape index (κ1) is 16.1. The van der Waals surface area contributed by atoms with E-state index < -0.39 is 22.2 Å². The molecule has 3 rings (SSSR count). The van der Waals surface area contributed by atoms with E-state index >= 15 is 0 Å².